The summed E-state index contributed by atoms with van der Waals surface area (Å²) in [7, 11) is 0. The number of fused-ring (bicyclic) bond motifs is 1. The Balaban J connectivity index is 1.85. The van der Waals surface area contributed by atoms with Crippen LogP contribution in [0.2, 0.25) is 0 Å². The summed E-state index contributed by atoms with van der Waals surface area (Å²) in [6.45, 7) is 2.37. The molecule has 84 valence electrons. The molecule has 0 saturated carbocycles. The molecule has 0 spiro atoms. The molecular formula is C14H18N2. The highest BCUT2D eigenvalue weighted by Crippen LogP contribution is 2.23. The maximum absolute atomic E-state index is 3.42. The molecule has 1 fully saturated rings. The van der Waals surface area contributed by atoms with Gasteiger partial charge in [-0.05, 0) is 55.3 Å². The molecule has 0 aliphatic carbocycles. The lowest BCUT2D eigenvalue weighted by atomic mass is 9.90. The summed E-state index contributed by atoms with van der Waals surface area (Å²) in [4.78, 5) is 3.36. The summed E-state index contributed by atoms with van der Waals surface area (Å²) < 4.78 is 0. The molecule has 1 aliphatic heterocycles. The van der Waals surface area contributed by atoms with Gasteiger partial charge in [0.25, 0.3) is 0 Å². The van der Waals surface area contributed by atoms with Crippen molar-refractivity contribution >= 4 is 10.9 Å². The van der Waals surface area contributed by atoms with Crippen LogP contribution in [0.1, 0.15) is 18.4 Å². The Labute approximate surface area is 96.1 Å². The smallest absolute Gasteiger partial charge is 0.0486 e. The van der Waals surface area contributed by atoms with Gasteiger partial charge in [-0.1, -0.05) is 18.2 Å². The summed E-state index contributed by atoms with van der Waals surface area (Å²) in [5.41, 5.74) is 2.82. The van der Waals surface area contributed by atoms with E-state index in [0.29, 0.717) is 0 Å². The highest BCUT2D eigenvalue weighted by Gasteiger charge is 2.14. The van der Waals surface area contributed by atoms with Crippen molar-refractivity contribution in [1.29, 1.82) is 0 Å². The molecule has 0 unspecified atom stereocenters. The first-order valence-corrected chi connectivity index (χ1v) is 6.19. The average Bonchev–Trinajstić information content (AvgIpc) is 2.80. The van der Waals surface area contributed by atoms with Gasteiger partial charge in [-0.2, -0.15) is 0 Å². The van der Waals surface area contributed by atoms with Crippen LogP contribution in [-0.4, -0.2) is 18.1 Å². The van der Waals surface area contributed by atoms with Crippen LogP contribution in [0, 0.1) is 5.92 Å². The third kappa shape index (κ3) is 1.85. The van der Waals surface area contributed by atoms with Crippen molar-refractivity contribution in [1.82, 2.24) is 10.3 Å². The van der Waals surface area contributed by atoms with Crippen LogP contribution in [-0.2, 0) is 6.42 Å². The van der Waals surface area contributed by atoms with Crippen molar-refractivity contribution < 1.29 is 0 Å². The zero-order valence-corrected chi connectivity index (χ0v) is 9.50. The number of para-hydroxylation sites is 1. The number of H-pyrrole nitrogens is 1. The third-order valence-electron chi connectivity index (χ3n) is 3.64. The first kappa shape index (κ1) is 9.91. The van der Waals surface area contributed by atoms with Crippen molar-refractivity contribution in [3.8, 4) is 0 Å². The maximum Gasteiger partial charge on any atom is 0.0486 e. The molecule has 0 amide bonds. The van der Waals surface area contributed by atoms with Crippen molar-refractivity contribution in [2.45, 2.75) is 19.3 Å². The molecular weight excluding hydrogens is 196 g/mol. The first-order chi connectivity index (χ1) is 7.93. The van der Waals surface area contributed by atoms with Gasteiger partial charge in [-0.15, -0.1) is 0 Å². The van der Waals surface area contributed by atoms with Gasteiger partial charge >= 0.3 is 0 Å². The zero-order chi connectivity index (χ0) is 10.8. The molecule has 0 bridgehead atoms. The lowest BCUT2D eigenvalue weighted by molar-refractivity contribution is 0.373. The first-order valence-electron chi connectivity index (χ1n) is 6.19. The van der Waals surface area contributed by atoms with Crippen LogP contribution in [0.5, 0.6) is 0 Å². The number of nitrogens with one attached hydrogen (secondary N) is 2. The van der Waals surface area contributed by atoms with Gasteiger partial charge in [0.2, 0.25) is 0 Å². The Morgan fingerprint density at radius 2 is 2.00 bits per heavy atom. The van der Waals surface area contributed by atoms with Gasteiger partial charge in [0.1, 0.15) is 0 Å². The Kier molecular flexibility index (Phi) is 2.66. The molecule has 1 aromatic carbocycles. The Bertz CT molecular complexity index is 466. The van der Waals surface area contributed by atoms with Crippen LogP contribution in [0.4, 0.5) is 0 Å². The standard InChI is InChI=1S/C14H18N2/c1-2-12-6-9-16-14(12)13(3-1)10-11-4-7-15-8-5-11/h1-3,6,9,11,15-16H,4-5,7-8,10H2. The molecule has 2 heteroatoms. The van der Waals surface area contributed by atoms with Crippen LogP contribution < -0.4 is 5.32 Å². The van der Waals surface area contributed by atoms with E-state index in [1.165, 1.54) is 48.8 Å². The van der Waals surface area contributed by atoms with Gasteiger partial charge in [0.05, 0.1) is 0 Å². The van der Waals surface area contributed by atoms with E-state index in [1.54, 1.807) is 0 Å². The lowest BCUT2D eigenvalue weighted by Crippen LogP contribution is -2.28. The lowest BCUT2D eigenvalue weighted by Gasteiger charge is -2.22. The number of benzene rings is 1. The number of hydrogen-bond donors (Lipinski definition) is 2. The molecule has 2 aromatic rings. The minimum atomic E-state index is 0.857. The van der Waals surface area contributed by atoms with Gasteiger partial charge in [0.15, 0.2) is 0 Å². The van der Waals surface area contributed by atoms with E-state index in [-0.39, 0.29) is 0 Å². The van der Waals surface area contributed by atoms with Crippen LogP contribution >= 0.6 is 0 Å². The van der Waals surface area contributed by atoms with Gasteiger partial charge in [-0.25, -0.2) is 0 Å². The molecule has 0 atom stereocenters. The summed E-state index contributed by atoms with van der Waals surface area (Å²) in [5.74, 6) is 0.857. The van der Waals surface area contributed by atoms with E-state index >= 15 is 0 Å². The van der Waals surface area contributed by atoms with E-state index in [9.17, 15) is 0 Å². The van der Waals surface area contributed by atoms with Crippen molar-refractivity contribution in [2.75, 3.05) is 13.1 Å². The van der Waals surface area contributed by atoms with Crippen LogP contribution in [0.25, 0.3) is 10.9 Å². The van der Waals surface area contributed by atoms with Gasteiger partial charge in [-0.3, -0.25) is 0 Å². The van der Waals surface area contributed by atoms with Gasteiger partial charge < -0.3 is 10.3 Å². The average molecular weight is 214 g/mol. The molecule has 2 nitrogen and oxygen atoms in total. The quantitative estimate of drug-likeness (QED) is 0.790. The number of rotatable bonds is 2. The topological polar surface area (TPSA) is 27.8 Å². The van der Waals surface area contributed by atoms with E-state index in [2.05, 4.69) is 34.6 Å². The van der Waals surface area contributed by atoms with Crippen molar-refractivity contribution in [3.05, 3.63) is 36.0 Å². The van der Waals surface area contributed by atoms with Crippen LogP contribution in [0.15, 0.2) is 30.5 Å². The molecule has 0 radical (unpaired) electrons. The molecule has 2 heterocycles. The SMILES string of the molecule is c1cc(CC2CCNCC2)c2[nH]ccc2c1. The monoisotopic (exact) mass is 214 g/mol. The van der Waals surface area contributed by atoms with E-state index < -0.39 is 0 Å². The highest BCUT2D eigenvalue weighted by atomic mass is 14.9. The second-order valence-corrected chi connectivity index (χ2v) is 4.76. The second-order valence-electron chi connectivity index (χ2n) is 4.76. The summed E-state index contributed by atoms with van der Waals surface area (Å²) >= 11 is 0. The zero-order valence-electron chi connectivity index (χ0n) is 9.50. The minimum Gasteiger partial charge on any atom is -0.361 e. The number of hydrogen-bond acceptors (Lipinski definition) is 1. The fourth-order valence-corrected chi connectivity index (χ4v) is 2.72. The Morgan fingerprint density at radius 1 is 1.12 bits per heavy atom. The maximum atomic E-state index is 3.42. The summed E-state index contributed by atoms with van der Waals surface area (Å²) in [5, 5.41) is 4.76. The second kappa shape index (κ2) is 4.30. The normalized spacial score (nSPS) is 18.0. The molecule has 1 saturated heterocycles. The van der Waals surface area contributed by atoms with E-state index in [1.807, 2.05) is 6.20 Å². The summed E-state index contributed by atoms with van der Waals surface area (Å²) in [6.07, 6.45) is 5.89. The van der Waals surface area contributed by atoms with Gasteiger partial charge in [0, 0.05) is 11.7 Å². The van der Waals surface area contributed by atoms with E-state index in [4.69, 9.17) is 0 Å². The third-order valence-corrected chi connectivity index (χ3v) is 3.64. The number of aromatic nitrogens is 1. The number of piperidine rings is 1. The highest BCUT2D eigenvalue weighted by molar-refractivity contribution is 5.82. The van der Waals surface area contributed by atoms with Crippen molar-refractivity contribution in [3.63, 3.8) is 0 Å². The minimum absolute atomic E-state index is 0.857. The fourth-order valence-electron chi connectivity index (χ4n) is 2.72. The predicted molar refractivity (Wildman–Crippen MR) is 67.6 cm³/mol. The fraction of sp³-hybridized carbons (Fsp3) is 0.429. The molecule has 3 rings (SSSR count). The Hall–Kier alpha value is -1.28. The van der Waals surface area contributed by atoms with E-state index in [0.717, 1.165) is 5.92 Å². The van der Waals surface area contributed by atoms with Crippen LogP contribution in [0.3, 0.4) is 0 Å². The molecule has 1 aromatic heterocycles. The molecule has 16 heavy (non-hydrogen) atoms. The molecule has 2 N–H and O–H groups in total. The number of aromatic amines is 1. The summed E-state index contributed by atoms with van der Waals surface area (Å²) in [6, 6.07) is 8.77. The molecule has 1 aliphatic rings. The van der Waals surface area contributed by atoms with Crippen molar-refractivity contribution in [2.24, 2.45) is 5.92 Å². The largest absolute Gasteiger partial charge is 0.361 e. The predicted octanol–water partition coefficient (Wildman–Crippen LogP) is 2.71. The Morgan fingerprint density at radius 3 is 2.88 bits per heavy atom.